The zero-order chi connectivity index (χ0) is 15.5. The van der Waals surface area contributed by atoms with Crippen LogP contribution in [-0.2, 0) is 24.2 Å². The Morgan fingerprint density at radius 1 is 0.875 bits per heavy atom. The van der Waals surface area contributed by atoms with Crippen LogP contribution in [0, 0.1) is 0 Å². The molecule has 0 spiro atoms. The fourth-order valence-electron chi connectivity index (χ4n) is 2.84. The van der Waals surface area contributed by atoms with E-state index >= 15 is 0 Å². The number of allylic oxidation sites excluding steroid dienone is 4. The summed E-state index contributed by atoms with van der Waals surface area (Å²) in [7, 11) is 0. The molecule has 0 N–H and O–H groups in total. The van der Waals surface area contributed by atoms with Gasteiger partial charge in [-0.15, -0.1) is 39.7 Å². The summed E-state index contributed by atoms with van der Waals surface area (Å²) >= 11 is 1.55. The zero-order valence-electron chi connectivity index (χ0n) is 13.8. The van der Waals surface area contributed by atoms with Gasteiger partial charge in [-0.2, -0.15) is 0 Å². The summed E-state index contributed by atoms with van der Waals surface area (Å²) in [6.07, 6.45) is 8.72. The van der Waals surface area contributed by atoms with Gasteiger partial charge in [-0.25, -0.2) is 0 Å². The maximum Gasteiger partial charge on any atom is -1.00 e. The van der Waals surface area contributed by atoms with Crippen LogP contribution in [0.5, 0.6) is 0 Å². The molecule has 3 heteroatoms. The second-order valence-corrected chi connectivity index (χ2v) is 8.33. The molecule has 0 unspecified atom stereocenters. The van der Waals surface area contributed by atoms with E-state index in [0.717, 1.165) is 0 Å². The van der Waals surface area contributed by atoms with Crippen LogP contribution in [0.4, 0.5) is 0 Å². The van der Waals surface area contributed by atoms with Crippen molar-refractivity contribution >= 4 is 24.8 Å². The monoisotopic (exact) mass is 431 g/mol. The van der Waals surface area contributed by atoms with Crippen molar-refractivity contribution in [2.45, 2.75) is 19.8 Å². The number of benzene rings is 2. The Balaban J connectivity index is 0.000000438. The second kappa shape index (κ2) is 9.57. The van der Waals surface area contributed by atoms with E-state index in [4.69, 9.17) is 0 Å². The summed E-state index contributed by atoms with van der Waals surface area (Å²) in [5.74, 6) is 0.451. The molecule has 0 nitrogen and oxygen atoms in total. The number of hydrogen-bond acceptors (Lipinski definition) is 0. The smallest absolute Gasteiger partial charge is 1.00 e. The van der Waals surface area contributed by atoms with Crippen molar-refractivity contribution in [2.75, 3.05) is 0 Å². The average Bonchev–Trinajstić information content (AvgIpc) is 3.13. The first kappa shape index (κ1) is 21.2. The summed E-state index contributed by atoms with van der Waals surface area (Å²) in [4.78, 5) is 0. The van der Waals surface area contributed by atoms with E-state index in [-0.39, 0.29) is 24.8 Å². The topological polar surface area (TPSA) is 0 Å². The minimum Gasteiger partial charge on any atom is -1.00 e. The summed E-state index contributed by atoms with van der Waals surface area (Å²) in [6, 6.07) is 17.7. The number of fused-ring (bicyclic) bond motifs is 3. The van der Waals surface area contributed by atoms with Crippen LogP contribution >= 0.6 is 0 Å². The van der Waals surface area contributed by atoms with Gasteiger partial charge in [0.05, 0.1) is 0 Å². The predicted molar refractivity (Wildman–Crippen MR) is 94.4 cm³/mol. The quantitative estimate of drug-likeness (QED) is 0.462. The molecule has 0 saturated heterocycles. The standard InChI is InChI=1S/C18H13.C3H6.2ClH.Zr/c1-2-6-13(5-1)14-9-10-18-16(11-14)12-15-7-3-4-8-17(15)18;1-3-2;;;/h1-13H;1-2H3;2*1H;/q-1;;;;+2/p-2. The van der Waals surface area contributed by atoms with Gasteiger partial charge in [-0.3, -0.25) is 0 Å². The third-order valence-corrected chi connectivity index (χ3v) is 3.77. The molecule has 24 heavy (non-hydrogen) atoms. The number of halogens is 2. The van der Waals surface area contributed by atoms with E-state index in [2.05, 4.69) is 86.7 Å². The van der Waals surface area contributed by atoms with Gasteiger partial charge in [0.1, 0.15) is 0 Å². The Kier molecular flexibility index (Phi) is 8.44. The normalized spacial score (nSPS) is 12.5. The zero-order valence-corrected chi connectivity index (χ0v) is 17.7. The molecular weight excluding hydrogens is 414 g/mol. The third-order valence-electron chi connectivity index (χ3n) is 3.77. The molecule has 0 saturated carbocycles. The summed E-state index contributed by atoms with van der Waals surface area (Å²) < 4.78 is 1.51. The van der Waals surface area contributed by atoms with Gasteiger partial charge in [-0.1, -0.05) is 60.2 Å². The molecule has 0 aromatic heterocycles. The van der Waals surface area contributed by atoms with Crippen LogP contribution in [0.3, 0.4) is 0 Å². The van der Waals surface area contributed by atoms with Crippen molar-refractivity contribution in [3.63, 3.8) is 0 Å². The van der Waals surface area contributed by atoms with Gasteiger partial charge in [0.25, 0.3) is 0 Å². The van der Waals surface area contributed by atoms with E-state index in [1.165, 1.54) is 30.3 Å². The van der Waals surface area contributed by atoms with E-state index < -0.39 is 0 Å². The molecule has 4 rings (SSSR count). The summed E-state index contributed by atoms with van der Waals surface area (Å²) in [5, 5.41) is 5.40. The molecule has 3 aromatic carbocycles. The minimum absolute atomic E-state index is 0. The molecule has 122 valence electrons. The van der Waals surface area contributed by atoms with Gasteiger partial charge in [0.2, 0.25) is 0 Å². The van der Waals surface area contributed by atoms with Crippen molar-refractivity contribution < 1.29 is 49.0 Å². The fraction of sp³-hybridized carbons (Fsp3) is 0.143. The minimum atomic E-state index is 0. The van der Waals surface area contributed by atoms with Gasteiger partial charge in [0.15, 0.2) is 0 Å². The van der Waals surface area contributed by atoms with Crippen LogP contribution in [-0.4, -0.2) is 3.21 Å². The number of hydrogen-bond donors (Lipinski definition) is 0. The first-order valence-electron chi connectivity index (χ1n) is 7.60. The first-order valence-corrected chi connectivity index (χ1v) is 8.83. The van der Waals surface area contributed by atoms with Gasteiger partial charge in [-0.05, 0) is 0 Å². The second-order valence-electron chi connectivity index (χ2n) is 5.87. The van der Waals surface area contributed by atoms with E-state index in [9.17, 15) is 0 Å². The SMILES string of the molecule is C1=CC(c2ccc3c(c2)[cH-]c2ccccc23)C=C1.C[C](C)=[Zr+2].[Cl-].[Cl-]. The molecule has 0 heterocycles. The van der Waals surface area contributed by atoms with Crippen molar-refractivity contribution in [1.29, 1.82) is 0 Å². The first-order chi connectivity index (χ1) is 10.6. The van der Waals surface area contributed by atoms with E-state index in [0.29, 0.717) is 5.92 Å². The van der Waals surface area contributed by atoms with Gasteiger partial charge in [0, 0.05) is 5.92 Å². The van der Waals surface area contributed by atoms with Crippen molar-refractivity contribution in [3.05, 3.63) is 78.4 Å². The van der Waals surface area contributed by atoms with Crippen molar-refractivity contribution in [1.82, 2.24) is 0 Å². The largest absolute Gasteiger partial charge is 1.00 e. The summed E-state index contributed by atoms with van der Waals surface area (Å²) in [6.45, 7) is 4.25. The van der Waals surface area contributed by atoms with Gasteiger partial charge < -0.3 is 24.8 Å². The Hall–Kier alpha value is -0.877. The van der Waals surface area contributed by atoms with Crippen LogP contribution < -0.4 is 24.8 Å². The molecule has 0 amide bonds. The van der Waals surface area contributed by atoms with Crippen molar-refractivity contribution in [3.8, 4) is 0 Å². The number of rotatable bonds is 1. The van der Waals surface area contributed by atoms with E-state index in [1.54, 1.807) is 24.2 Å². The third kappa shape index (κ3) is 4.82. The van der Waals surface area contributed by atoms with Crippen LogP contribution in [0.1, 0.15) is 25.3 Å². The van der Waals surface area contributed by atoms with Gasteiger partial charge >= 0.3 is 41.3 Å². The molecule has 0 aliphatic heterocycles. The van der Waals surface area contributed by atoms with E-state index in [1.807, 2.05) is 0 Å². The predicted octanol–water partition coefficient (Wildman–Crippen LogP) is -0.325. The molecule has 1 aliphatic carbocycles. The Morgan fingerprint density at radius 3 is 2.12 bits per heavy atom. The van der Waals surface area contributed by atoms with Crippen molar-refractivity contribution in [2.24, 2.45) is 0 Å². The molecule has 0 radical (unpaired) electrons. The Bertz CT molecular complexity index is 871. The molecule has 3 aromatic rings. The van der Waals surface area contributed by atoms with Crippen LogP contribution in [0.15, 0.2) is 72.8 Å². The Morgan fingerprint density at radius 2 is 1.46 bits per heavy atom. The molecule has 0 bridgehead atoms. The maximum absolute atomic E-state index is 2.32. The maximum atomic E-state index is 2.32. The van der Waals surface area contributed by atoms with Crippen LogP contribution in [0.25, 0.3) is 21.5 Å². The fourth-order valence-corrected chi connectivity index (χ4v) is 2.84. The molecule has 1 aliphatic rings. The average molecular weight is 434 g/mol. The summed E-state index contributed by atoms with van der Waals surface area (Å²) in [5.41, 5.74) is 1.38. The molecule has 0 atom stereocenters. The molecule has 0 fully saturated rings. The Labute approximate surface area is 171 Å². The van der Waals surface area contributed by atoms with Crippen LogP contribution in [0.2, 0.25) is 0 Å². The molecular formula is C21H19Cl2Zr-.